The summed E-state index contributed by atoms with van der Waals surface area (Å²) in [5.74, 6) is -0.167. The normalized spacial score (nSPS) is 10.7. The minimum Gasteiger partial charge on any atom is -0.469 e. The molecule has 1 aromatic rings. The number of carbonyl (C=O) groups is 2. The van der Waals surface area contributed by atoms with Gasteiger partial charge in [-0.15, -0.1) is 11.8 Å². The van der Waals surface area contributed by atoms with Gasteiger partial charge in [0.2, 0.25) is 0 Å². The number of carbonyl (C=O) groups excluding carboxylic acids is 2. The van der Waals surface area contributed by atoms with Crippen LogP contribution in [0.3, 0.4) is 0 Å². The maximum Gasteiger partial charge on any atom is 0.305 e. The number of hydrogen-bond donors (Lipinski definition) is 0. The van der Waals surface area contributed by atoms with Crippen LogP contribution in [-0.2, 0) is 9.53 Å². The topological polar surface area (TPSA) is 43.4 Å². The van der Waals surface area contributed by atoms with Crippen LogP contribution in [0.4, 0.5) is 0 Å². The van der Waals surface area contributed by atoms with Crippen molar-refractivity contribution in [3.05, 3.63) is 29.3 Å². The molecule has 0 radical (unpaired) electrons. The third-order valence-corrected chi connectivity index (χ3v) is 3.89. The first-order chi connectivity index (χ1) is 9.43. The van der Waals surface area contributed by atoms with Crippen molar-refractivity contribution in [3.63, 3.8) is 0 Å². The van der Waals surface area contributed by atoms with Crippen molar-refractivity contribution >= 4 is 23.5 Å². The zero-order valence-electron chi connectivity index (χ0n) is 12.6. The molecule has 0 bridgehead atoms. The molecule has 0 spiro atoms. The SMILES string of the molecule is COC(=O)CCCC(=O)c1cc(C)ccc1SC(C)C. The molecule has 0 aliphatic rings. The van der Waals surface area contributed by atoms with Gasteiger partial charge >= 0.3 is 5.97 Å². The Labute approximate surface area is 125 Å². The van der Waals surface area contributed by atoms with E-state index in [9.17, 15) is 9.59 Å². The third kappa shape index (κ3) is 5.37. The fraction of sp³-hybridized carbons (Fsp3) is 0.500. The summed E-state index contributed by atoms with van der Waals surface area (Å²) in [6, 6.07) is 5.97. The molecule has 0 aliphatic carbocycles. The van der Waals surface area contributed by atoms with Crippen molar-refractivity contribution in [2.45, 2.75) is 50.2 Å². The number of esters is 1. The number of hydrogen-bond acceptors (Lipinski definition) is 4. The Morgan fingerprint density at radius 1 is 1.25 bits per heavy atom. The van der Waals surface area contributed by atoms with Crippen molar-refractivity contribution < 1.29 is 14.3 Å². The number of methoxy groups -OCH3 is 1. The van der Waals surface area contributed by atoms with Gasteiger partial charge in [0.25, 0.3) is 0 Å². The lowest BCUT2D eigenvalue weighted by atomic mass is 10.0. The number of Topliss-reactive ketones (excluding diaryl/α,β-unsaturated/α-hetero) is 1. The highest BCUT2D eigenvalue weighted by molar-refractivity contribution is 8.00. The molecule has 0 saturated heterocycles. The van der Waals surface area contributed by atoms with Crippen molar-refractivity contribution in [2.24, 2.45) is 0 Å². The summed E-state index contributed by atoms with van der Waals surface area (Å²) in [5.41, 5.74) is 1.85. The van der Waals surface area contributed by atoms with Gasteiger partial charge in [0.15, 0.2) is 5.78 Å². The van der Waals surface area contributed by atoms with Gasteiger partial charge in [-0.25, -0.2) is 0 Å². The Morgan fingerprint density at radius 2 is 1.95 bits per heavy atom. The van der Waals surface area contributed by atoms with Crippen LogP contribution in [0.1, 0.15) is 49.0 Å². The number of aryl methyl sites for hydroxylation is 1. The number of ketones is 1. The molecule has 0 heterocycles. The van der Waals surface area contributed by atoms with Gasteiger partial charge in [-0.1, -0.05) is 25.5 Å². The van der Waals surface area contributed by atoms with E-state index in [-0.39, 0.29) is 11.8 Å². The van der Waals surface area contributed by atoms with E-state index in [1.807, 2.05) is 25.1 Å². The van der Waals surface area contributed by atoms with E-state index in [2.05, 4.69) is 18.6 Å². The zero-order chi connectivity index (χ0) is 15.1. The van der Waals surface area contributed by atoms with Crippen LogP contribution in [-0.4, -0.2) is 24.1 Å². The minimum atomic E-state index is -0.265. The van der Waals surface area contributed by atoms with E-state index >= 15 is 0 Å². The highest BCUT2D eigenvalue weighted by atomic mass is 32.2. The van der Waals surface area contributed by atoms with Gasteiger partial charge in [-0.2, -0.15) is 0 Å². The van der Waals surface area contributed by atoms with Gasteiger partial charge < -0.3 is 4.74 Å². The minimum absolute atomic E-state index is 0.0979. The fourth-order valence-electron chi connectivity index (χ4n) is 1.85. The quantitative estimate of drug-likeness (QED) is 0.433. The van der Waals surface area contributed by atoms with E-state index < -0.39 is 0 Å². The molecule has 0 aromatic heterocycles. The number of thioether (sulfide) groups is 1. The Balaban J connectivity index is 2.75. The Kier molecular flexibility index (Phi) is 6.79. The van der Waals surface area contributed by atoms with Crippen LogP contribution in [0, 0.1) is 6.92 Å². The fourth-order valence-corrected chi connectivity index (χ4v) is 2.80. The van der Waals surface area contributed by atoms with Gasteiger partial charge in [0, 0.05) is 28.6 Å². The Hall–Kier alpha value is -1.29. The molecular formula is C16H22O3S. The molecule has 0 N–H and O–H groups in total. The lowest BCUT2D eigenvalue weighted by molar-refractivity contribution is -0.140. The predicted molar refractivity (Wildman–Crippen MR) is 82.4 cm³/mol. The second-order valence-corrected chi connectivity index (χ2v) is 6.64. The maximum absolute atomic E-state index is 12.3. The average Bonchev–Trinajstić information content (AvgIpc) is 2.39. The number of ether oxygens (including phenoxy) is 1. The Morgan fingerprint density at radius 3 is 2.55 bits per heavy atom. The second-order valence-electron chi connectivity index (χ2n) is 5.02. The highest BCUT2D eigenvalue weighted by Crippen LogP contribution is 2.28. The van der Waals surface area contributed by atoms with Crippen molar-refractivity contribution in [3.8, 4) is 0 Å². The number of benzene rings is 1. The van der Waals surface area contributed by atoms with Gasteiger partial charge in [-0.05, 0) is 25.5 Å². The molecule has 20 heavy (non-hydrogen) atoms. The summed E-state index contributed by atoms with van der Waals surface area (Å²) in [6.45, 7) is 6.20. The molecule has 0 unspecified atom stereocenters. The summed E-state index contributed by atoms with van der Waals surface area (Å²) in [7, 11) is 1.36. The van der Waals surface area contributed by atoms with E-state index in [1.165, 1.54) is 7.11 Å². The smallest absolute Gasteiger partial charge is 0.305 e. The first kappa shape index (κ1) is 16.8. The van der Waals surface area contributed by atoms with Crippen LogP contribution in [0.2, 0.25) is 0 Å². The number of rotatable bonds is 7. The zero-order valence-corrected chi connectivity index (χ0v) is 13.4. The van der Waals surface area contributed by atoms with Gasteiger partial charge in [-0.3, -0.25) is 9.59 Å². The molecule has 110 valence electrons. The average molecular weight is 294 g/mol. The second kappa shape index (κ2) is 8.10. The monoisotopic (exact) mass is 294 g/mol. The molecule has 0 aliphatic heterocycles. The lowest BCUT2D eigenvalue weighted by Gasteiger charge is -2.11. The predicted octanol–water partition coefficient (Wildman–Crippen LogP) is 4.02. The van der Waals surface area contributed by atoms with E-state index in [0.717, 1.165) is 16.0 Å². The van der Waals surface area contributed by atoms with E-state index in [0.29, 0.717) is 24.5 Å². The van der Waals surface area contributed by atoms with Crippen molar-refractivity contribution in [1.82, 2.24) is 0 Å². The first-order valence-electron chi connectivity index (χ1n) is 6.81. The summed E-state index contributed by atoms with van der Waals surface area (Å²) in [5, 5.41) is 0.430. The molecule has 0 saturated carbocycles. The van der Waals surface area contributed by atoms with Crippen LogP contribution in [0.5, 0.6) is 0 Å². The third-order valence-electron chi connectivity index (χ3n) is 2.81. The van der Waals surface area contributed by atoms with Crippen LogP contribution < -0.4 is 0 Å². The van der Waals surface area contributed by atoms with E-state index in [4.69, 9.17) is 0 Å². The molecular weight excluding hydrogens is 272 g/mol. The largest absolute Gasteiger partial charge is 0.469 e. The summed E-state index contributed by atoms with van der Waals surface area (Å²) in [6.07, 6.45) is 1.20. The van der Waals surface area contributed by atoms with E-state index in [1.54, 1.807) is 11.8 Å². The Bertz CT molecular complexity index is 481. The molecule has 1 rings (SSSR count). The van der Waals surface area contributed by atoms with Gasteiger partial charge in [0.1, 0.15) is 0 Å². The first-order valence-corrected chi connectivity index (χ1v) is 7.69. The van der Waals surface area contributed by atoms with Crippen LogP contribution in [0.25, 0.3) is 0 Å². The lowest BCUT2D eigenvalue weighted by Crippen LogP contribution is -2.05. The maximum atomic E-state index is 12.3. The van der Waals surface area contributed by atoms with Crippen molar-refractivity contribution in [1.29, 1.82) is 0 Å². The molecule has 0 atom stereocenters. The molecule has 3 nitrogen and oxygen atoms in total. The van der Waals surface area contributed by atoms with Gasteiger partial charge in [0.05, 0.1) is 7.11 Å². The molecule has 1 aromatic carbocycles. The van der Waals surface area contributed by atoms with Crippen LogP contribution in [0.15, 0.2) is 23.1 Å². The molecule has 0 amide bonds. The molecule has 0 fully saturated rings. The van der Waals surface area contributed by atoms with Crippen molar-refractivity contribution in [2.75, 3.05) is 7.11 Å². The standard InChI is InChI=1S/C16H22O3S/c1-11(2)20-15-9-8-12(3)10-13(15)14(17)6-5-7-16(18)19-4/h8-11H,5-7H2,1-4H3. The summed E-state index contributed by atoms with van der Waals surface area (Å²) < 4.78 is 4.58. The molecule has 4 heteroatoms. The van der Waals surface area contributed by atoms with Crippen LogP contribution >= 0.6 is 11.8 Å². The summed E-state index contributed by atoms with van der Waals surface area (Å²) >= 11 is 1.69. The highest BCUT2D eigenvalue weighted by Gasteiger charge is 2.14. The summed E-state index contributed by atoms with van der Waals surface area (Å²) in [4.78, 5) is 24.4.